The fourth-order valence-corrected chi connectivity index (χ4v) is 3.81. The molecule has 0 spiro atoms. The Hall–Kier alpha value is -2.27. The Kier molecular flexibility index (Phi) is 6.79. The van der Waals surface area contributed by atoms with Crippen LogP contribution in [-0.2, 0) is 11.2 Å². The minimum Gasteiger partial charge on any atom is -0.309 e. The Labute approximate surface area is 166 Å². The molecule has 2 aromatic rings. The molecule has 28 heavy (non-hydrogen) atoms. The highest BCUT2D eigenvalue weighted by Crippen LogP contribution is 2.26. The number of piperidine rings is 1. The lowest BCUT2D eigenvalue weighted by Crippen LogP contribution is -2.48. The molecule has 3 rings (SSSR count). The minimum absolute atomic E-state index is 0.0212. The van der Waals surface area contributed by atoms with Crippen molar-refractivity contribution < 1.29 is 13.6 Å². The number of halogens is 2. The van der Waals surface area contributed by atoms with Gasteiger partial charge < -0.3 is 9.80 Å². The van der Waals surface area contributed by atoms with Gasteiger partial charge in [-0.15, -0.1) is 0 Å². The zero-order valence-electron chi connectivity index (χ0n) is 16.6. The molecule has 1 aliphatic heterocycles. The molecule has 0 atom stereocenters. The highest BCUT2D eigenvalue weighted by Gasteiger charge is 2.28. The molecule has 1 heterocycles. The molecule has 0 aliphatic carbocycles. The highest BCUT2D eigenvalue weighted by molar-refractivity contribution is 5.93. The Morgan fingerprint density at radius 3 is 2.36 bits per heavy atom. The lowest BCUT2D eigenvalue weighted by molar-refractivity contribution is -0.119. The highest BCUT2D eigenvalue weighted by atomic mass is 19.2. The van der Waals surface area contributed by atoms with E-state index in [9.17, 15) is 13.6 Å². The number of anilines is 1. The van der Waals surface area contributed by atoms with Crippen molar-refractivity contribution in [3.8, 4) is 0 Å². The summed E-state index contributed by atoms with van der Waals surface area (Å²) in [5.41, 5.74) is 3.05. The number of amides is 1. The van der Waals surface area contributed by atoms with Crippen LogP contribution in [0.1, 0.15) is 37.3 Å². The first kappa shape index (κ1) is 20.5. The number of carbonyl (C=O) groups excluding carboxylic acids is 1. The predicted molar refractivity (Wildman–Crippen MR) is 108 cm³/mol. The van der Waals surface area contributed by atoms with E-state index >= 15 is 0 Å². The molecule has 0 unspecified atom stereocenters. The van der Waals surface area contributed by atoms with Crippen molar-refractivity contribution in [3.63, 3.8) is 0 Å². The maximum Gasteiger partial charge on any atom is 0.226 e. The fourth-order valence-electron chi connectivity index (χ4n) is 3.81. The lowest BCUT2D eigenvalue weighted by atomic mass is 10.0. The topological polar surface area (TPSA) is 23.6 Å². The smallest absolute Gasteiger partial charge is 0.226 e. The molecule has 0 radical (unpaired) electrons. The number of nitrogens with zero attached hydrogens (tertiary/aromatic N) is 2. The zero-order valence-corrected chi connectivity index (χ0v) is 16.6. The van der Waals surface area contributed by atoms with Crippen molar-refractivity contribution >= 4 is 11.6 Å². The summed E-state index contributed by atoms with van der Waals surface area (Å²) >= 11 is 0. The van der Waals surface area contributed by atoms with Gasteiger partial charge in [-0.05, 0) is 43.9 Å². The van der Waals surface area contributed by atoms with E-state index in [1.807, 2.05) is 0 Å². The normalized spacial score (nSPS) is 15.6. The van der Waals surface area contributed by atoms with Gasteiger partial charge in [-0.1, -0.05) is 36.8 Å². The molecular formula is C23H28F2N2O. The number of aryl methyl sites for hydroxylation is 1. The Morgan fingerprint density at radius 2 is 1.75 bits per heavy atom. The molecule has 0 aromatic heterocycles. The first-order chi connectivity index (χ1) is 13.5. The van der Waals surface area contributed by atoms with Crippen molar-refractivity contribution in [1.29, 1.82) is 0 Å². The third-order valence-corrected chi connectivity index (χ3v) is 5.51. The van der Waals surface area contributed by atoms with Crippen molar-refractivity contribution in [2.45, 2.75) is 45.6 Å². The number of carbonyl (C=O) groups is 1. The van der Waals surface area contributed by atoms with Gasteiger partial charge in [0, 0.05) is 43.9 Å². The van der Waals surface area contributed by atoms with Crippen LogP contribution in [0.2, 0.25) is 0 Å². The third kappa shape index (κ3) is 4.96. The minimum atomic E-state index is -0.915. The molecule has 1 amide bonds. The van der Waals surface area contributed by atoms with E-state index in [0.29, 0.717) is 12.1 Å². The summed E-state index contributed by atoms with van der Waals surface area (Å²) in [6.45, 7) is 6.67. The second-order valence-corrected chi connectivity index (χ2v) is 7.52. The van der Waals surface area contributed by atoms with E-state index in [4.69, 9.17) is 0 Å². The van der Waals surface area contributed by atoms with Gasteiger partial charge in [0.05, 0.1) is 0 Å². The van der Waals surface area contributed by atoms with Crippen LogP contribution in [0.15, 0.2) is 42.5 Å². The molecule has 150 valence electrons. The lowest BCUT2D eigenvalue weighted by Gasteiger charge is -2.38. The van der Waals surface area contributed by atoms with E-state index in [0.717, 1.165) is 51.0 Å². The summed E-state index contributed by atoms with van der Waals surface area (Å²) in [6, 6.07) is 12.4. The molecule has 3 nitrogen and oxygen atoms in total. The quantitative estimate of drug-likeness (QED) is 0.717. The average molecular weight is 386 g/mol. The molecule has 0 saturated carbocycles. The van der Waals surface area contributed by atoms with Crippen molar-refractivity contribution in [2.75, 3.05) is 24.5 Å². The largest absolute Gasteiger partial charge is 0.309 e. The van der Waals surface area contributed by atoms with E-state index in [-0.39, 0.29) is 11.9 Å². The first-order valence-electron chi connectivity index (χ1n) is 10.0. The second-order valence-electron chi connectivity index (χ2n) is 7.52. The average Bonchev–Trinajstić information content (AvgIpc) is 2.71. The summed E-state index contributed by atoms with van der Waals surface area (Å²) in [6.07, 6.45) is 3.01. The van der Waals surface area contributed by atoms with E-state index in [2.05, 4.69) is 36.1 Å². The maximum atomic E-state index is 13.7. The van der Waals surface area contributed by atoms with Crippen LogP contribution in [0.25, 0.3) is 0 Å². The van der Waals surface area contributed by atoms with Crippen molar-refractivity contribution in [3.05, 3.63) is 65.2 Å². The molecule has 2 aromatic carbocycles. The van der Waals surface area contributed by atoms with E-state index in [1.165, 1.54) is 17.2 Å². The third-order valence-electron chi connectivity index (χ3n) is 5.51. The van der Waals surface area contributed by atoms with Gasteiger partial charge in [0.15, 0.2) is 11.6 Å². The molecule has 1 fully saturated rings. The Balaban J connectivity index is 1.61. The Bertz CT molecular complexity index is 799. The second kappa shape index (κ2) is 9.28. The number of rotatable bonds is 6. The van der Waals surface area contributed by atoms with Crippen LogP contribution < -0.4 is 4.90 Å². The molecule has 1 aliphatic rings. The summed E-state index contributed by atoms with van der Waals surface area (Å²) in [5.74, 6) is -1.86. The Morgan fingerprint density at radius 1 is 1.07 bits per heavy atom. The van der Waals surface area contributed by atoms with Gasteiger partial charge in [0.25, 0.3) is 0 Å². The number of hydrogen-bond acceptors (Lipinski definition) is 2. The van der Waals surface area contributed by atoms with Gasteiger partial charge in [0.2, 0.25) is 5.91 Å². The van der Waals surface area contributed by atoms with Crippen LogP contribution in [0.3, 0.4) is 0 Å². The van der Waals surface area contributed by atoms with E-state index < -0.39 is 11.6 Å². The van der Waals surface area contributed by atoms with Crippen LogP contribution in [0, 0.1) is 18.6 Å². The predicted octanol–water partition coefficient (Wildman–Crippen LogP) is 4.72. The maximum absolute atomic E-state index is 13.7. The fraction of sp³-hybridized carbons (Fsp3) is 0.435. The van der Waals surface area contributed by atoms with Gasteiger partial charge in [-0.2, -0.15) is 0 Å². The summed E-state index contributed by atoms with van der Waals surface area (Å²) in [5, 5.41) is 0. The molecule has 0 N–H and O–H groups in total. The molecule has 1 saturated heterocycles. The van der Waals surface area contributed by atoms with Gasteiger partial charge in [0.1, 0.15) is 0 Å². The standard InChI is InChI=1S/C23H28F2N2O/c1-3-23(28)27(20-8-9-21(24)22(25)16-20)19-11-14-26(15-12-19)13-10-18-6-4-17(2)5-7-18/h4-9,16,19H,3,10-15H2,1-2H3. The first-order valence-corrected chi connectivity index (χ1v) is 10.0. The number of hydrogen-bond donors (Lipinski definition) is 0. The molecule has 0 bridgehead atoms. The van der Waals surface area contributed by atoms with Gasteiger partial charge in [-0.3, -0.25) is 4.79 Å². The van der Waals surface area contributed by atoms with Gasteiger partial charge >= 0.3 is 0 Å². The van der Waals surface area contributed by atoms with Crippen LogP contribution in [-0.4, -0.2) is 36.5 Å². The molecule has 5 heteroatoms. The van der Waals surface area contributed by atoms with Crippen molar-refractivity contribution in [1.82, 2.24) is 4.90 Å². The van der Waals surface area contributed by atoms with Crippen LogP contribution in [0.5, 0.6) is 0 Å². The molecular weight excluding hydrogens is 358 g/mol. The zero-order chi connectivity index (χ0) is 20.1. The monoisotopic (exact) mass is 386 g/mol. The van der Waals surface area contributed by atoms with E-state index in [1.54, 1.807) is 11.8 Å². The summed E-state index contributed by atoms with van der Waals surface area (Å²) in [4.78, 5) is 16.6. The summed E-state index contributed by atoms with van der Waals surface area (Å²) in [7, 11) is 0. The SMILES string of the molecule is CCC(=O)N(c1ccc(F)c(F)c1)C1CCN(CCc2ccc(C)cc2)CC1. The van der Waals surface area contributed by atoms with Crippen LogP contribution in [0.4, 0.5) is 14.5 Å². The number of likely N-dealkylation sites (tertiary alicyclic amines) is 1. The number of benzene rings is 2. The van der Waals surface area contributed by atoms with Crippen molar-refractivity contribution in [2.24, 2.45) is 0 Å². The summed E-state index contributed by atoms with van der Waals surface area (Å²) < 4.78 is 27.0. The van der Waals surface area contributed by atoms with Gasteiger partial charge in [-0.25, -0.2) is 8.78 Å². The van der Waals surface area contributed by atoms with Crippen LogP contribution >= 0.6 is 0 Å².